The third-order valence-electron chi connectivity index (χ3n) is 3.08. The number of amides is 1. The van der Waals surface area contributed by atoms with Crippen molar-refractivity contribution in [2.45, 2.75) is 11.6 Å². The van der Waals surface area contributed by atoms with E-state index < -0.39 is 0 Å². The summed E-state index contributed by atoms with van der Waals surface area (Å²) in [5.41, 5.74) is 1.89. The van der Waals surface area contributed by atoms with Gasteiger partial charge in [-0.25, -0.2) is 0 Å². The molecule has 0 saturated carbocycles. The van der Waals surface area contributed by atoms with Crippen molar-refractivity contribution in [3.8, 4) is 0 Å². The van der Waals surface area contributed by atoms with Crippen molar-refractivity contribution in [1.29, 1.82) is 0 Å². The van der Waals surface area contributed by atoms with Gasteiger partial charge in [0, 0.05) is 9.26 Å². The Labute approximate surface area is 157 Å². The SMILES string of the molecule is O=C(CSc1nnc(Cc2ccccc2)o1)Nc1cccc(I)c1. The Morgan fingerprint density at radius 1 is 1.12 bits per heavy atom. The van der Waals surface area contributed by atoms with Gasteiger partial charge in [-0.15, -0.1) is 10.2 Å². The molecule has 3 rings (SSSR count). The molecule has 0 aliphatic carbocycles. The predicted octanol–water partition coefficient (Wildman–Crippen LogP) is 4.00. The van der Waals surface area contributed by atoms with E-state index in [0.29, 0.717) is 17.5 Å². The van der Waals surface area contributed by atoms with Crippen molar-refractivity contribution in [3.63, 3.8) is 0 Å². The van der Waals surface area contributed by atoms with Crippen LogP contribution in [0, 0.1) is 3.57 Å². The van der Waals surface area contributed by atoms with Crippen molar-refractivity contribution in [1.82, 2.24) is 10.2 Å². The number of carbonyl (C=O) groups is 1. The molecular formula is C17H14IN3O2S. The van der Waals surface area contributed by atoms with Crippen LogP contribution in [0.15, 0.2) is 64.2 Å². The van der Waals surface area contributed by atoms with E-state index in [9.17, 15) is 4.79 Å². The maximum Gasteiger partial charge on any atom is 0.277 e. The Bertz CT molecular complexity index is 823. The molecule has 0 fully saturated rings. The molecule has 0 aliphatic heterocycles. The molecule has 0 bridgehead atoms. The summed E-state index contributed by atoms with van der Waals surface area (Å²) in [5.74, 6) is 0.657. The van der Waals surface area contributed by atoms with Gasteiger partial charge in [-0.05, 0) is 46.4 Å². The highest BCUT2D eigenvalue weighted by molar-refractivity contribution is 14.1. The molecule has 0 spiro atoms. The van der Waals surface area contributed by atoms with Gasteiger partial charge in [0.05, 0.1) is 12.2 Å². The molecule has 7 heteroatoms. The quantitative estimate of drug-likeness (QED) is 0.454. The van der Waals surface area contributed by atoms with Crippen LogP contribution in [-0.4, -0.2) is 21.9 Å². The van der Waals surface area contributed by atoms with Gasteiger partial charge in [-0.3, -0.25) is 4.79 Å². The van der Waals surface area contributed by atoms with Crippen molar-refractivity contribution >= 4 is 45.9 Å². The lowest BCUT2D eigenvalue weighted by atomic mass is 10.2. The summed E-state index contributed by atoms with van der Waals surface area (Å²) in [6.07, 6.45) is 0.586. The maximum atomic E-state index is 12.0. The van der Waals surface area contributed by atoms with Crippen molar-refractivity contribution < 1.29 is 9.21 Å². The highest BCUT2D eigenvalue weighted by atomic mass is 127. The first kappa shape index (κ1) is 17.0. The number of anilines is 1. The Balaban J connectivity index is 1.51. The first-order valence-electron chi connectivity index (χ1n) is 7.23. The number of hydrogen-bond acceptors (Lipinski definition) is 5. The van der Waals surface area contributed by atoms with Crippen molar-refractivity contribution in [2.75, 3.05) is 11.1 Å². The maximum absolute atomic E-state index is 12.0. The van der Waals surface area contributed by atoms with E-state index in [-0.39, 0.29) is 11.7 Å². The van der Waals surface area contributed by atoms with Crippen LogP contribution < -0.4 is 5.32 Å². The number of benzene rings is 2. The zero-order valence-corrected chi connectivity index (χ0v) is 15.6. The minimum absolute atomic E-state index is 0.107. The Morgan fingerprint density at radius 3 is 2.75 bits per heavy atom. The fraction of sp³-hybridized carbons (Fsp3) is 0.118. The van der Waals surface area contributed by atoms with Gasteiger partial charge < -0.3 is 9.73 Å². The van der Waals surface area contributed by atoms with Crippen LogP contribution in [0.2, 0.25) is 0 Å². The lowest BCUT2D eigenvalue weighted by Gasteiger charge is -2.04. The first-order chi connectivity index (χ1) is 11.7. The average molecular weight is 451 g/mol. The number of halogens is 1. The average Bonchev–Trinajstić information content (AvgIpc) is 3.01. The van der Waals surface area contributed by atoms with Crippen LogP contribution in [0.5, 0.6) is 0 Å². The van der Waals surface area contributed by atoms with Crippen LogP contribution in [0.3, 0.4) is 0 Å². The zero-order valence-electron chi connectivity index (χ0n) is 12.6. The number of aromatic nitrogens is 2. The van der Waals surface area contributed by atoms with Crippen LogP contribution in [0.25, 0.3) is 0 Å². The summed E-state index contributed by atoms with van der Waals surface area (Å²) in [6.45, 7) is 0. The highest BCUT2D eigenvalue weighted by Gasteiger charge is 2.10. The number of carbonyl (C=O) groups excluding carboxylic acids is 1. The molecule has 0 unspecified atom stereocenters. The van der Waals surface area contributed by atoms with E-state index >= 15 is 0 Å². The molecule has 0 saturated heterocycles. The van der Waals surface area contributed by atoms with Gasteiger partial charge >= 0.3 is 0 Å². The fourth-order valence-corrected chi connectivity index (χ4v) is 3.15. The molecule has 1 amide bonds. The standard InChI is InChI=1S/C17H14IN3O2S/c18-13-7-4-8-14(10-13)19-15(22)11-24-17-21-20-16(23-17)9-12-5-2-1-3-6-12/h1-8,10H,9,11H2,(H,19,22). The summed E-state index contributed by atoms with van der Waals surface area (Å²) in [4.78, 5) is 12.0. The van der Waals surface area contributed by atoms with Gasteiger partial charge in [-0.1, -0.05) is 48.2 Å². The number of nitrogens with zero attached hydrogens (tertiary/aromatic N) is 2. The van der Waals surface area contributed by atoms with Gasteiger partial charge in [0.25, 0.3) is 5.22 Å². The molecule has 0 radical (unpaired) electrons. The second-order valence-corrected chi connectivity index (χ2v) is 7.14. The normalized spacial score (nSPS) is 10.5. The van der Waals surface area contributed by atoms with Gasteiger partial charge in [0.15, 0.2) is 0 Å². The molecule has 122 valence electrons. The Kier molecular flexibility index (Phi) is 5.86. The van der Waals surface area contributed by atoms with E-state index in [1.165, 1.54) is 11.8 Å². The summed E-state index contributed by atoms with van der Waals surface area (Å²) in [5, 5.41) is 11.2. The first-order valence-corrected chi connectivity index (χ1v) is 9.30. The Morgan fingerprint density at radius 2 is 1.96 bits per heavy atom. The highest BCUT2D eigenvalue weighted by Crippen LogP contribution is 2.19. The largest absolute Gasteiger partial charge is 0.416 e. The van der Waals surface area contributed by atoms with Crippen LogP contribution in [0.1, 0.15) is 11.5 Å². The molecule has 3 aromatic rings. The van der Waals surface area contributed by atoms with E-state index in [2.05, 4.69) is 38.1 Å². The number of rotatable bonds is 6. The van der Waals surface area contributed by atoms with Crippen molar-refractivity contribution in [3.05, 3.63) is 69.6 Å². The van der Waals surface area contributed by atoms with E-state index in [4.69, 9.17) is 4.42 Å². The molecule has 0 aliphatic rings. The predicted molar refractivity (Wildman–Crippen MR) is 102 cm³/mol. The van der Waals surface area contributed by atoms with Crippen LogP contribution in [0.4, 0.5) is 5.69 Å². The molecule has 1 N–H and O–H groups in total. The van der Waals surface area contributed by atoms with Crippen molar-refractivity contribution in [2.24, 2.45) is 0 Å². The minimum Gasteiger partial charge on any atom is -0.416 e. The minimum atomic E-state index is -0.107. The second-order valence-electron chi connectivity index (χ2n) is 4.97. The lowest BCUT2D eigenvalue weighted by molar-refractivity contribution is -0.113. The summed E-state index contributed by atoms with van der Waals surface area (Å²) in [6, 6.07) is 17.6. The summed E-state index contributed by atoms with van der Waals surface area (Å²) >= 11 is 3.43. The molecule has 1 aromatic heterocycles. The topological polar surface area (TPSA) is 68.0 Å². The second kappa shape index (κ2) is 8.29. The van der Waals surface area contributed by atoms with E-state index in [1.54, 1.807) is 0 Å². The third kappa shape index (κ3) is 5.07. The molecule has 24 heavy (non-hydrogen) atoms. The van der Waals surface area contributed by atoms with E-state index in [0.717, 1.165) is 14.8 Å². The molecule has 5 nitrogen and oxygen atoms in total. The number of thioether (sulfide) groups is 1. The summed E-state index contributed by atoms with van der Waals surface area (Å²) in [7, 11) is 0. The number of nitrogens with one attached hydrogen (secondary N) is 1. The lowest BCUT2D eigenvalue weighted by Crippen LogP contribution is -2.14. The number of hydrogen-bond donors (Lipinski definition) is 1. The van der Waals surface area contributed by atoms with Crippen LogP contribution >= 0.6 is 34.4 Å². The fourth-order valence-electron chi connectivity index (χ4n) is 2.03. The Hall–Kier alpha value is -1.87. The molecule has 2 aromatic carbocycles. The van der Waals surface area contributed by atoms with E-state index in [1.807, 2.05) is 54.6 Å². The molecular weight excluding hydrogens is 437 g/mol. The smallest absolute Gasteiger partial charge is 0.277 e. The van der Waals surface area contributed by atoms with Gasteiger partial charge in [-0.2, -0.15) is 0 Å². The van der Waals surface area contributed by atoms with Crippen LogP contribution in [-0.2, 0) is 11.2 Å². The monoisotopic (exact) mass is 451 g/mol. The zero-order chi connectivity index (χ0) is 16.8. The molecule has 0 atom stereocenters. The molecule has 1 heterocycles. The van der Waals surface area contributed by atoms with Gasteiger partial charge in [0.2, 0.25) is 11.8 Å². The van der Waals surface area contributed by atoms with Gasteiger partial charge in [0.1, 0.15) is 0 Å². The summed E-state index contributed by atoms with van der Waals surface area (Å²) < 4.78 is 6.64. The third-order valence-corrected chi connectivity index (χ3v) is 4.57.